The van der Waals surface area contributed by atoms with Crippen LogP contribution in [0.4, 0.5) is 0 Å². The van der Waals surface area contributed by atoms with E-state index in [4.69, 9.17) is 10.4 Å². The minimum atomic E-state index is 0.0139. The molecule has 3 heteroatoms. The number of hydrogen-bond acceptors (Lipinski definition) is 3. The molecule has 0 fully saturated rings. The molecule has 0 spiro atoms. The van der Waals surface area contributed by atoms with Gasteiger partial charge >= 0.3 is 0 Å². The topological polar surface area (TPSA) is 56.9 Å². The summed E-state index contributed by atoms with van der Waals surface area (Å²) in [4.78, 5) is 3.86. The molecule has 0 atom stereocenters. The van der Waals surface area contributed by atoms with Crippen LogP contribution in [0, 0.1) is 11.3 Å². The lowest BCUT2D eigenvalue weighted by Gasteiger charge is -1.90. The summed E-state index contributed by atoms with van der Waals surface area (Å²) in [5.41, 5.74) is 1.28. The molecule has 0 saturated heterocycles. The zero-order chi connectivity index (χ0) is 8.81. The Balaban J connectivity index is 2.80. The van der Waals surface area contributed by atoms with Crippen molar-refractivity contribution in [1.29, 1.82) is 5.26 Å². The van der Waals surface area contributed by atoms with Gasteiger partial charge in [-0.1, -0.05) is 18.2 Å². The Morgan fingerprint density at radius 2 is 2.42 bits per heavy atom. The summed E-state index contributed by atoms with van der Waals surface area (Å²) in [7, 11) is 0. The molecule has 1 N–H and O–H groups in total. The maximum atomic E-state index is 8.47. The summed E-state index contributed by atoms with van der Waals surface area (Å²) in [6.07, 6.45) is 4.95. The quantitative estimate of drug-likeness (QED) is 0.701. The third kappa shape index (κ3) is 2.19. The zero-order valence-electron chi connectivity index (χ0n) is 6.44. The van der Waals surface area contributed by atoms with Crippen LogP contribution in [0.5, 0.6) is 0 Å². The monoisotopic (exact) mass is 160 g/mol. The summed E-state index contributed by atoms with van der Waals surface area (Å²) >= 11 is 0. The number of rotatable bonds is 2. The molecule has 1 aromatic rings. The summed E-state index contributed by atoms with van der Waals surface area (Å²) in [5.74, 6) is 0. The molecule has 0 aliphatic heterocycles. The second-order valence-corrected chi connectivity index (χ2v) is 2.17. The van der Waals surface area contributed by atoms with Gasteiger partial charge in [0.2, 0.25) is 0 Å². The van der Waals surface area contributed by atoms with Crippen molar-refractivity contribution < 1.29 is 5.11 Å². The molecule has 1 heterocycles. The molecule has 0 amide bonds. The van der Waals surface area contributed by atoms with E-state index in [1.165, 1.54) is 0 Å². The molecular weight excluding hydrogens is 152 g/mol. The van der Waals surface area contributed by atoms with E-state index < -0.39 is 0 Å². The minimum absolute atomic E-state index is 0.0139. The standard InChI is InChI=1S/C9H8N2O/c10-6-9-4-3-8(7-11-9)2-1-5-12/h1-4,7,12H,5H2. The van der Waals surface area contributed by atoms with Gasteiger partial charge < -0.3 is 5.11 Å². The highest BCUT2D eigenvalue weighted by Crippen LogP contribution is 2.00. The average Bonchev–Trinajstić information content (AvgIpc) is 2.15. The normalized spacial score (nSPS) is 10.0. The first-order valence-electron chi connectivity index (χ1n) is 3.50. The van der Waals surface area contributed by atoms with E-state index in [1.807, 2.05) is 6.07 Å². The van der Waals surface area contributed by atoms with Gasteiger partial charge in [-0.25, -0.2) is 4.98 Å². The average molecular weight is 160 g/mol. The van der Waals surface area contributed by atoms with Crippen molar-refractivity contribution in [3.8, 4) is 6.07 Å². The highest BCUT2D eigenvalue weighted by molar-refractivity contribution is 5.48. The van der Waals surface area contributed by atoms with E-state index in [9.17, 15) is 0 Å². The number of nitrogens with zero attached hydrogens (tertiary/aromatic N) is 2. The van der Waals surface area contributed by atoms with Crippen molar-refractivity contribution in [2.75, 3.05) is 6.61 Å². The van der Waals surface area contributed by atoms with Crippen LogP contribution in [0.1, 0.15) is 11.3 Å². The van der Waals surface area contributed by atoms with Gasteiger partial charge in [0.15, 0.2) is 0 Å². The van der Waals surface area contributed by atoms with Crippen molar-refractivity contribution in [2.45, 2.75) is 0 Å². The van der Waals surface area contributed by atoms with E-state index in [-0.39, 0.29) is 6.61 Å². The highest BCUT2D eigenvalue weighted by atomic mass is 16.2. The van der Waals surface area contributed by atoms with Gasteiger partial charge in [0, 0.05) is 6.20 Å². The molecule has 0 radical (unpaired) electrons. The SMILES string of the molecule is N#Cc1ccc(C=CCO)cn1. The fraction of sp³-hybridized carbons (Fsp3) is 0.111. The van der Waals surface area contributed by atoms with Gasteiger partial charge in [0.05, 0.1) is 6.61 Å². The molecule has 0 bridgehead atoms. The molecule has 1 aromatic heterocycles. The van der Waals surface area contributed by atoms with E-state index in [0.29, 0.717) is 5.69 Å². The van der Waals surface area contributed by atoms with Crippen molar-refractivity contribution in [1.82, 2.24) is 4.98 Å². The van der Waals surface area contributed by atoms with E-state index in [0.717, 1.165) is 5.56 Å². The van der Waals surface area contributed by atoms with E-state index >= 15 is 0 Å². The summed E-state index contributed by atoms with van der Waals surface area (Å²) < 4.78 is 0. The first kappa shape index (κ1) is 8.44. The van der Waals surface area contributed by atoms with Crippen molar-refractivity contribution >= 4 is 6.08 Å². The lowest BCUT2D eigenvalue weighted by molar-refractivity contribution is 0.343. The smallest absolute Gasteiger partial charge is 0.140 e. The Labute approximate surface area is 70.6 Å². The van der Waals surface area contributed by atoms with Crippen LogP contribution in [-0.4, -0.2) is 16.7 Å². The lowest BCUT2D eigenvalue weighted by Crippen LogP contribution is -1.82. The maximum Gasteiger partial charge on any atom is 0.140 e. The number of aliphatic hydroxyl groups excluding tert-OH is 1. The molecule has 3 nitrogen and oxygen atoms in total. The van der Waals surface area contributed by atoms with Crippen LogP contribution in [0.15, 0.2) is 24.4 Å². The number of nitriles is 1. The Morgan fingerprint density at radius 3 is 2.92 bits per heavy atom. The minimum Gasteiger partial charge on any atom is -0.392 e. The van der Waals surface area contributed by atoms with Crippen LogP contribution in [0.25, 0.3) is 6.08 Å². The molecular formula is C9H8N2O. The fourth-order valence-electron chi connectivity index (χ4n) is 0.759. The number of pyridine rings is 1. The molecule has 0 unspecified atom stereocenters. The van der Waals surface area contributed by atoms with Crippen molar-refractivity contribution in [3.05, 3.63) is 35.7 Å². The first-order valence-corrected chi connectivity index (χ1v) is 3.50. The predicted octanol–water partition coefficient (Wildman–Crippen LogP) is 0.959. The molecule has 1 rings (SSSR count). The van der Waals surface area contributed by atoms with Crippen molar-refractivity contribution in [3.63, 3.8) is 0 Å². The van der Waals surface area contributed by atoms with Crippen LogP contribution < -0.4 is 0 Å². The van der Waals surface area contributed by atoms with Crippen LogP contribution in [0.3, 0.4) is 0 Å². The first-order chi connectivity index (χ1) is 5.86. The summed E-state index contributed by atoms with van der Waals surface area (Å²) in [5, 5.41) is 16.9. The Morgan fingerprint density at radius 1 is 1.58 bits per heavy atom. The second-order valence-electron chi connectivity index (χ2n) is 2.17. The van der Waals surface area contributed by atoms with Gasteiger partial charge in [-0.3, -0.25) is 0 Å². The summed E-state index contributed by atoms with van der Waals surface area (Å²) in [6.45, 7) is 0.0139. The largest absolute Gasteiger partial charge is 0.392 e. The Bertz CT molecular complexity index is 308. The zero-order valence-corrected chi connectivity index (χ0v) is 6.44. The van der Waals surface area contributed by atoms with Crippen LogP contribution >= 0.6 is 0 Å². The number of aliphatic hydroxyl groups is 1. The maximum absolute atomic E-state index is 8.47. The molecule has 0 aromatic carbocycles. The lowest BCUT2D eigenvalue weighted by atomic mass is 10.2. The van der Waals surface area contributed by atoms with Crippen LogP contribution in [0.2, 0.25) is 0 Å². The predicted molar refractivity (Wildman–Crippen MR) is 45.1 cm³/mol. The van der Waals surface area contributed by atoms with Gasteiger partial charge in [-0.05, 0) is 11.6 Å². The summed E-state index contributed by atoms with van der Waals surface area (Å²) in [6, 6.07) is 5.34. The molecule has 12 heavy (non-hydrogen) atoms. The molecule has 60 valence electrons. The van der Waals surface area contributed by atoms with E-state index in [1.54, 1.807) is 30.5 Å². The van der Waals surface area contributed by atoms with Gasteiger partial charge in [0.1, 0.15) is 11.8 Å². The van der Waals surface area contributed by atoms with Gasteiger partial charge in [-0.2, -0.15) is 5.26 Å². The highest BCUT2D eigenvalue weighted by Gasteiger charge is 1.89. The molecule has 0 saturated carbocycles. The second kappa shape index (κ2) is 4.27. The molecule has 0 aliphatic carbocycles. The number of hydrogen-bond donors (Lipinski definition) is 1. The Hall–Kier alpha value is -1.66. The Kier molecular flexibility index (Phi) is 3.00. The third-order valence-electron chi connectivity index (χ3n) is 1.32. The van der Waals surface area contributed by atoms with Gasteiger partial charge in [0.25, 0.3) is 0 Å². The van der Waals surface area contributed by atoms with Gasteiger partial charge in [-0.15, -0.1) is 0 Å². The van der Waals surface area contributed by atoms with Crippen LogP contribution in [-0.2, 0) is 0 Å². The van der Waals surface area contributed by atoms with Crippen molar-refractivity contribution in [2.24, 2.45) is 0 Å². The van der Waals surface area contributed by atoms with E-state index in [2.05, 4.69) is 4.98 Å². The number of aromatic nitrogens is 1. The fourth-order valence-corrected chi connectivity index (χ4v) is 0.759. The molecule has 0 aliphatic rings. The third-order valence-corrected chi connectivity index (χ3v) is 1.32.